The van der Waals surface area contributed by atoms with Crippen LogP contribution in [0.25, 0.3) is 0 Å². The molecule has 0 aromatic heterocycles. The molecule has 1 aromatic carbocycles. The summed E-state index contributed by atoms with van der Waals surface area (Å²) in [5.74, 6) is 1.24. The minimum atomic E-state index is 0. The van der Waals surface area contributed by atoms with Crippen LogP contribution < -0.4 is 5.32 Å². The van der Waals surface area contributed by atoms with Gasteiger partial charge in [0.2, 0.25) is 5.91 Å². The van der Waals surface area contributed by atoms with Gasteiger partial charge in [-0.1, -0.05) is 18.5 Å². The molecule has 1 N–H and O–H groups in total. The molecule has 0 radical (unpaired) electrons. The normalized spacial score (nSPS) is 21.4. The van der Waals surface area contributed by atoms with E-state index in [1.54, 1.807) is 24.3 Å². The van der Waals surface area contributed by atoms with Crippen molar-refractivity contribution >= 4 is 35.8 Å². The van der Waals surface area contributed by atoms with E-state index in [1.165, 1.54) is 12.8 Å². The van der Waals surface area contributed by atoms with Gasteiger partial charge in [0.1, 0.15) is 0 Å². The minimum Gasteiger partial charge on any atom is -0.341 e. The van der Waals surface area contributed by atoms with Crippen molar-refractivity contribution in [3.8, 4) is 0 Å². The predicted octanol–water partition coefficient (Wildman–Crippen LogP) is 3.46. The molecule has 2 unspecified atom stereocenters. The number of piperidine rings is 1. The molecule has 0 aliphatic carbocycles. The van der Waals surface area contributed by atoms with E-state index < -0.39 is 0 Å². The summed E-state index contributed by atoms with van der Waals surface area (Å²) in [4.78, 5) is 29.3. The molecule has 0 spiro atoms. The van der Waals surface area contributed by atoms with E-state index in [4.69, 9.17) is 11.6 Å². The predicted molar refractivity (Wildman–Crippen MR) is 115 cm³/mol. The summed E-state index contributed by atoms with van der Waals surface area (Å²) in [5.41, 5.74) is 0.651. The Labute approximate surface area is 179 Å². The lowest BCUT2D eigenvalue weighted by atomic mass is 9.85. The van der Waals surface area contributed by atoms with Crippen LogP contribution in [0.3, 0.4) is 0 Å². The molecule has 5 nitrogen and oxygen atoms in total. The Morgan fingerprint density at radius 1 is 1.11 bits per heavy atom. The van der Waals surface area contributed by atoms with Gasteiger partial charge in [0.15, 0.2) is 0 Å². The quantitative estimate of drug-likeness (QED) is 0.799. The van der Waals surface area contributed by atoms with Crippen molar-refractivity contribution < 1.29 is 9.59 Å². The highest BCUT2D eigenvalue weighted by Gasteiger charge is 2.26. The number of hydrogen-bond donors (Lipinski definition) is 1. The van der Waals surface area contributed by atoms with E-state index in [2.05, 4.69) is 12.2 Å². The summed E-state index contributed by atoms with van der Waals surface area (Å²) in [6.07, 6.45) is 3.85. The Bertz CT molecular complexity index is 648. The zero-order valence-electron chi connectivity index (χ0n) is 16.5. The van der Waals surface area contributed by atoms with Crippen molar-refractivity contribution in [3.05, 3.63) is 34.9 Å². The number of nitrogens with zero attached hydrogens (tertiary/aromatic N) is 2. The lowest BCUT2D eigenvalue weighted by Crippen LogP contribution is -2.39. The smallest absolute Gasteiger partial charge is 0.253 e. The van der Waals surface area contributed by atoms with Crippen molar-refractivity contribution in [3.63, 3.8) is 0 Å². The van der Waals surface area contributed by atoms with Crippen LogP contribution in [0.15, 0.2) is 24.3 Å². The van der Waals surface area contributed by atoms with Gasteiger partial charge in [0, 0.05) is 43.2 Å². The van der Waals surface area contributed by atoms with Gasteiger partial charge in [-0.2, -0.15) is 0 Å². The lowest BCUT2D eigenvalue weighted by molar-refractivity contribution is -0.132. The molecule has 3 rings (SSSR count). The summed E-state index contributed by atoms with van der Waals surface area (Å²) >= 11 is 5.91. The SMILES string of the molecule is CC(CC(=O)N1CCCN(C(=O)c2ccc(Cl)cc2)CC1)C1CCCNC1.Cl. The molecule has 156 valence electrons. The monoisotopic (exact) mass is 427 g/mol. The standard InChI is InChI=1S/C21H30ClN3O2.ClH/c1-16(18-4-2-9-23-15-18)14-20(26)24-10-3-11-25(13-12-24)21(27)17-5-7-19(22)8-6-17;/h5-8,16,18,23H,2-4,9-15H2,1H3;1H. The summed E-state index contributed by atoms with van der Waals surface area (Å²) in [6, 6.07) is 7.00. The minimum absolute atomic E-state index is 0. The molecule has 2 aliphatic rings. The highest BCUT2D eigenvalue weighted by atomic mass is 35.5. The average Bonchev–Trinajstić information content (AvgIpc) is 2.95. The maximum Gasteiger partial charge on any atom is 0.253 e. The Hall–Kier alpha value is -1.30. The molecule has 1 aromatic rings. The van der Waals surface area contributed by atoms with E-state index in [0.29, 0.717) is 48.5 Å². The Balaban J connectivity index is 0.00000280. The highest BCUT2D eigenvalue weighted by molar-refractivity contribution is 6.30. The number of benzene rings is 1. The maximum atomic E-state index is 12.8. The fraction of sp³-hybridized carbons (Fsp3) is 0.619. The molecule has 2 amide bonds. The summed E-state index contributed by atoms with van der Waals surface area (Å²) in [6.45, 7) is 6.95. The van der Waals surface area contributed by atoms with Crippen LogP contribution >= 0.6 is 24.0 Å². The first kappa shape index (κ1) is 23.0. The molecular weight excluding hydrogens is 397 g/mol. The fourth-order valence-electron chi connectivity index (χ4n) is 4.08. The summed E-state index contributed by atoms with van der Waals surface area (Å²) in [7, 11) is 0. The average molecular weight is 428 g/mol. The van der Waals surface area contributed by atoms with Crippen LogP contribution in [0.4, 0.5) is 0 Å². The van der Waals surface area contributed by atoms with Crippen LogP contribution in [0, 0.1) is 11.8 Å². The first-order valence-corrected chi connectivity index (χ1v) is 10.5. The zero-order valence-corrected chi connectivity index (χ0v) is 18.1. The first-order chi connectivity index (χ1) is 13.0. The largest absolute Gasteiger partial charge is 0.341 e. The van der Waals surface area contributed by atoms with Crippen LogP contribution in [-0.4, -0.2) is 60.9 Å². The second kappa shape index (κ2) is 11.0. The first-order valence-electron chi connectivity index (χ1n) is 10.1. The Morgan fingerprint density at radius 3 is 2.46 bits per heavy atom. The summed E-state index contributed by atoms with van der Waals surface area (Å²) in [5, 5.41) is 4.06. The van der Waals surface area contributed by atoms with Gasteiger partial charge in [-0.05, 0) is 68.5 Å². The van der Waals surface area contributed by atoms with Gasteiger partial charge in [-0.25, -0.2) is 0 Å². The summed E-state index contributed by atoms with van der Waals surface area (Å²) < 4.78 is 0. The Morgan fingerprint density at radius 2 is 1.79 bits per heavy atom. The zero-order chi connectivity index (χ0) is 19.2. The number of rotatable bonds is 4. The fourth-order valence-corrected chi connectivity index (χ4v) is 4.21. The molecule has 2 aliphatic heterocycles. The third kappa shape index (κ3) is 6.10. The van der Waals surface area contributed by atoms with Crippen LogP contribution in [0.5, 0.6) is 0 Å². The number of nitrogens with one attached hydrogen (secondary N) is 1. The number of carbonyl (C=O) groups excluding carboxylic acids is 2. The van der Waals surface area contributed by atoms with E-state index in [0.717, 1.165) is 26.1 Å². The maximum absolute atomic E-state index is 12.8. The third-order valence-electron chi connectivity index (χ3n) is 5.86. The number of carbonyl (C=O) groups is 2. The van der Waals surface area contributed by atoms with Crippen molar-refractivity contribution in [1.29, 1.82) is 0 Å². The van der Waals surface area contributed by atoms with Crippen molar-refractivity contribution in [2.75, 3.05) is 39.3 Å². The number of amides is 2. The topological polar surface area (TPSA) is 52.7 Å². The molecule has 7 heteroatoms. The molecule has 2 fully saturated rings. The van der Waals surface area contributed by atoms with Crippen LogP contribution in [0.2, 0.25) is 5.02 Å². The van der Waals surface area contributed by atoms with Crippen molar-refractivity contribution in [2.45, 2.75) is 32.6 Å². The van der Waals surface area contributed by atoms with Crippen LogP contribution in [0.1, 0.15) is 43.0 Å². The van der Waals surface area contributed by atoms with Gasteiger partial charge in [0.25, 0.3) is 5.91 Å². The molecule has 28 heavy (non-hydrogen) atoms. The van der Waals surface area contributed by atoms with Crippen LogP contribution in [-0.2, 0) is 4.79 Å². The van der Waals surface area contributed by atoms with Gasteiger partial charge < -0.3 is 15.1 Å². The van der Waals surface area contributed by atoms with E-state index >= 15 is 0 Å². The van der Waals surface area contributed by atoms with Gasteiger partial charge in [-0.3, -0.25) is 9.59 Å². The van der Waals surface area contributed by atoms with Crippen molar-refractivity contribution in [1.82, 2.24) is 15.1 Å². The molecule has 2 saturated heterocycles. The van der Waals surface area contributed by atoms with Crippen molar-refractivity contribution in [2.24, 2.45) is 11.8 Å². The lowest BCUT2D eigenvalue weighted by Gasteiger charge is -2.30. The van der Waals surface area contributed by atoms with E-state index in [1.807, 2.05) is 9.80 Å². The molecule has 2 heterocycles. The highest BCUT2D eigenvalue weighted by Crippen LogP contribution is 2.23. The second-order valence-corrected chi connectivity index (χ2v) is 8.26. The molecule has 0 bridgehead atoms. The Kier molecular flexibility index (Phi) is 9.06. The molecule has 2 atom stereocenters. The number of halogens is 2. The number of hydrogen-bond acceptors (Lipinski definition) is 3. The van der Waals surface area contributed by atoms with Gasteiger partial charge in [-0.15, -0.1) is 12.4 Å². The third-order valence-corrected chi connectivity index (χ3v) is 6.12. The van der Waals surface area contributed by atoms with E-state index in [-0.39, 0.29) is 24.2 Å². The van der Waals surface area contributed by atoms with Gasteiger partial charge in [0.05, 0.1) is 0 Å². The molecule has 0 saturated carbocycles. The van der Waals surface area contributed by atoms with Gasteiger partial charge >= 0.3 is 0 Å². The van der Waals surface area contributed by atoms with E-state index in [9.17, 15) is 9.59 Å². The second-order valence-electron chi connectivity index (χ2n) is 7.82. The molecular formula is C21H31Cl2N3O2.